The Morgan fingerprint density at radius 2 is 2.12 bits per heavy atom. The molecule has 0 aromatic carbocycles. The van der Waals surface area contributed by atoms with Crippen LogP contribution in [-0.4, -0.2) is 49.5 Å². The quantitative estimate of drug-likeness (QED) is 0.488. The van der Waals surface area contributed by atoms with E-state index in [0.717, 1.165) is 25.4 Å². The van der Waals surface area contributed by atoms with Crippen LogP contribution in [0.1, 0.15) is 45.4 Å². The predicted octanol–water partition coefficient (Wildman–Crippen LogP) is 1.48. The number of furan rings is 1. The number of primary amides is 1. The van der Waals surface area contributed by atoms with Crippen LogP contribution < -0.4 is 16.4 Å². The van der Waals surface area contributed by atoms with Crippen molar-refractivity contribution in [2.75, 3.05) is 32.7 Å². The van der Waals surface area contributed by atoms with Crippen molar-refractivity contribution in [1.82, 2.24) is 15.5 Å². The maximum Gasteiger partial charge on any atom is 0.224 e. The van der Waals surface area contributed by atoms with E-state index in [9.17, 15) is 4.79 Å². The Morgan fingerprint density at radius 3 is 2.68 bits per heavy atom. The van der Waals surface area contributed by atoms with E-state index in [4.69, 9.17) is 10.2 Å². The van der Waals surface area contributed by atoms with Crippen LogP contribution in [0.2, 0.25) is 0 Å². The van der Waals surface area contributed by atoms with Crippen molar-refractivity contribution in [3.8, 4) is 0 Å². The predicted molar refractivity (Wildman–Crippen MR) is 99.2 cm³/mol. The second-order valence-electron chi connectivity index (χ2n) is 7.10. The van der Waals surface area contributed by atoms with E-state index in [0.29, 0.717) is 19.0 Å². The zero-order valence-corrected chi connectivity index (χ0v) is 15.5. The lowest BCUT2D eigenvalue weighted by Crippen LogP contribution is -2.43. The molecular formula is C18H31N5O2. The summed E-state index contributed by atoms with van der Waals surface area (Å²) in [7, 11) is 0. The molecule has 1 aromatic heterocycles. The normalized spacial score (nSPS) is 17.5. The van der Waals surface area contributed by atoms with Gasteiger partial charge < -0.3 is 20.8 Å². The van der Waals surface area contributed by atoms with Gasteiger partial charge in [0.2, 0.25) is 5.91 Å². The van der Waals surface area contributed by atoms with E-state index in [1.807, 2.05) is 19.1 Å². The average molecular weight is 349 g/mol. The van der Waals surface area contributed by atoms with E-state index in [1.54, 1.807) is 20.1 Å². The number of amides is 1. The molecule has 1 atom stereocenters. The van der Waals surface area contributed by atoms with Crippen molar-refractivity contribution in [2.24, 2.45) is 16.1 Å². The summed E-state index contributed by atoms with van der Waals surface area (Å²) >= 11 is 0. The smallest absolute Gasteiger partial charge is 0.224 e. The second-order valence-corrected chi connectivity index (χ2v) is 7.10. The van der Waals surface area contributed by atoms with Gasteiger partial charge in [0.25, 0.3) is 0 Å². The molecular weight excluding hydrogens is 318 g/mol. The molecule has 1 aliphatic heterocycles. The Hall–Kier alpha value is -2.02. The molecule has 1 unspecified atom stereocenters. The first kappa shape index (κ1) is 19.3. The van der Waals surface area contributed by atoms with Crippen molar-refractivity contribution < 1.29 is 9.21 Å². The molecule has 25 heavy (non-hydrogen) atoms. The molecule has 0 aliphatic carbocycles. The number of rotatable bonds is 8. The Balaban J connectivity index is 2.03. The summed E-state index contributed by atoms with van der Waals surface area (Å²) < 4.78 is 5.64. The van der Waals surface area contributed by atoms with Crippen LogP contribution in [0.5, 0.6) is 0 Å². The first-order chi connectivity index (χ1) is 11.9. The largest absolute Gasteiger partial charge is 0.468 e. The van der Waals surface area contributed by atoms with Crippen LogP contribution in [0, 0.1) is 5.41 Å². The van der Waals surface area contributed by atoms with E-state index < -0.39 is 5.41 Å². The minimum absolute atomic E-state index is 0.172. The van der Waals surface area contributed by atoms with Crippen LogP contribution in [0.4, 0.5) is 0 Å². The van der Waals surface area contributed by atoms with Crippen LogP contribution in [-0.2, 0) is 4.79 Å². The van der Waals surface area contributed by atoms with Gasteiger partial charge in [-0.2, -0.15) is 0 Å². The number of nitrogens with two attached hydrogens (primary N) is 1. The topological polar surface area (TPSA) is 95.9 Å². The molecule has 7 nitrogen and oxygen atoms in total. The number of nitrogens with one attached hydrogen (secondary N) is 2. The van der Waals surface area contributed by atoms with Gasteiger partial charge in [0.15, 0.2) is 5.96 Å². The summed E-state index contributed by atoms with van der Waals surface area (Å²) in [6.45, 7) is 9.56. The molecule has 0 bridgehead atoms. The highest BCUT2D eigenvalue weighted by molar-refractivity contribution is 5.82. The second kappa shape index (κ2) is 8.89. The van der Waals surface area contributed by atoms with Gasteiger partial charge in [-0.1, -0.05) is 0 Å². The number of hydrogen-bond acceptors (Lipinski definition) is 4. The molecule has 2 heterocycles. The fraction of sp³-hybridized carbons (Fsp3) is 0.667. The van der Waals surface area contributed by atoms with Gasteiger partial charge in [-0.15, -0.1) is 0 Å². The van der Waals surface area contributed by atoms with Crippen LogP contribution in [0.3, 0.4) is 0 Å². The molecule has 140 valence electrons. The third-order valence-electron chi connectivity index (χ3n) is 4.56. The molecule has 1 saturated heterocycles. The SMILES string of the molecule is CCNC(=NCC(C)(C)C(N)=O)NCC(c1ccco1)N1CCCC1. The minimum atomic E-state index is -0.669. The molecule has 2 rings (SSSR count). The zero-order valence-electron chi connectivity index (χ0n) is 15.5. The van der Waals surface area contributed by atoms with Gasteiger partial charge >= 0.3 is 0 Å². The molecule has 0 spiro atoms. The molecule has 4 N–H and O–H groups in total. The van der Waals surface area contributed by atoms with Crippen molar-refractivity contribution >= 4 is 11.9 Å². The maximum absolute atomic E-state index is 11.5. The zero-order chi connectivity index (χ0) is 18.3. The van der Waals surface area contributed by atoms with Gasteiger partial charge in [-0.05, 0) is 58.8 Å². The van der Waals surface area contributed by atoms with Crippen molar-refractivity contribution in [2.45, 2.75) is 39.7 Å². The van der Waals surface area contributed by atoms with Crippen molar-refractivity contribution in [3.63, 3.8) is 0 Å². The molecule has 1 amide bonds. The highest BCUT2D eigenvalue weighted by atomic mass is 16.3. The van der Waals surface area contributed by atoms with Gasteiger partial charge in [0.05, 0.1) is 24.3 Å². The summed E-state index contributed by atoms with van der Waals surface area (Å²) in [4.78, 5) is 18.4. The number of guanidine groups is 1. The Bertz CT molecular complexity index is 562. The highest BCUT2D eigenvalue weighted by Crippen LogP contribution is 2.24. The number of likely N-dealkylation sites (tertiary alicyclic amines) is 1. The number of hydrogen-bond donors (Lipinski definition) is 3. The molecule has 1 fully saturated rings. The number of nitrogens with zero attached hydrogens (tertiary/aromatic N) is 2. The molecule has 1 aromatic rings. The monoisotopic (exact) mass is 349 g/mol. The minimum Gasteiger partial charge on any atom is -0.468 e. The molecule has 7 heteroatoms. The number of aliphatic imine (C=N–C) groups is 1. The molecule has 0 radical (unpaired) electrons. The van der Waals surface area contributed by atoms with Gasteiger partial charge in [0.1, 0.15) is 5.76 Å². The average Bonchev–Trinajstić information content (AvgIpc) is 3.26. The van der Waals surface area contributed by atoms with Crippen molar-refractivity contribution in [1.29, 1.82) is 0 Å². The third-order valence-corrected chi connectivity index (χ3v) is 4.56. The molecule has 0 saturated carbocycles. The summed E-state index contributed by atoms with van der Waals surface area (Å²) in [5.41, 5.74) is 4.76. The standard InChI is InChI=1S/C18H31N5O2/c1-4-20-17(22-13-18(2,3)16(19)24)21-12-14(15-8-7-11-25-15)23-9-5-6-10-23/h7-8,11,14H,4-6,9-10,12-13H2,1-3H3,(H2,19,24)(H2,20,21,22). The number of carbonyl (C=O) groups is 1. The fourth-order valence-corrected chi connectivity index (χ4v) is 2.83. The van der Waals surface area contributed by atoms with Gasteiger partial charge in [-0.3, -0.25) is 14.7 Å². The Kier molecular flexibility index (Phi) is 6.87. The Labute approximate surface area is 150 Å². The maximum atomic E-state index is 11.5. The van der Waals surface area contributed by atoms with Gasteiger partial charge in [-0.25, -0.2) is 0 Å². The fourth-order valence-electron chi connectivity index (χ4n) is 2.83. The lowest BCUT2D eigenvalue weighted by atomic mass is 9.93. The lowest BCUT2D eigenvalue weighted by Gasteiger charge is -2.27. The first-order valence-electron chi connectivity index (χ1n) is 9.03. The van der Waals surface area contributed by atoms with E-state index in [1.165, 1.54) is 12.8 Å². The third kappa shape index (κ3) is 5.49. The summed E-state index contributed by atoms with van der Waals surface area (Å²) in [6.07, 6.45) is 4.16. The van der Waals surface area contributed by atoms with E-state index in [-0.39, 0.29) is 11.9 Å². The summed E-state index contributed by atoms with van der Waals surface area (Å²) in [5.74, 6) is 1.30. The highest BCUT2D eigenvalue weighted by Gasteiger charge is 2.27. The summed E-state index contributed by atoms with van der Waals surface area (Å²) in [5, 5.41) is 6.61. The molecule has 1 aliphatic rings. The Morgan fingerprint density at radius 1 is 1.40 bits per heavy atom. The van der Waals surface area contributed by atoms with Crippen LogP contribution in [0.15, 0.2) is 27.8 Å². The van der Waals surface area contributed by atoms with Crippen LogP contribution in [0.25, 0.3) is 0 Å². The van der Waals surface area contributed by atoms with E-state index >= 15 is 0 Å². The lowest BCUT2D eigenvalue weighted by molar-refractivity contribution is -0.125. The number of carbonyl (C=O) groups excluding carboxylic acids is 1. The van der Waals surface area contributed by atoms with Crippen LogP contribution >= 0.6 is 0 Å². The van der Waals surface area contributed by atoms with E-state index in [2.05, 4.69) is 20.5 Å². The van der Waals surface area contributed by atoms with Crippen molar-refractivity contribution in [3.05, 3.63) is 24.2 Å². The summed E-state index contributed by atoms with van der Waals surface area (Å²) in [6, 6.07) is 4.11. The first-order valence-corrected chi connectivity index (χ1v) is 9.03. The van der Waals surface area contributed by atoms with Gasteiger partial charge in [0, 0.05) is 13.1 Å².